The Hall–Kier alpha value is -1.84. The van der Waals surface area contributed by atoms with E-state index in [0.29, 0.717) is 16.9 Å². The van der Waals surface area contributed by atoms with Crippen molar-refractivity contribution in [2.45, 2.75) is 5.60 Å². The highest BCUT2D eigenvalue weighted by Crippen LogP contribution is 2.35. The Morgan fingerprint density at radius 2 is 1.78 bits per heavy atom. The maximum Gasteiger partial charge on any atom is 0.174 e. The van der Waals surface area contributed by atoms with Crippen molar-refractivity contribution in [2.75, 3.05) is 0 Å². The van der Waals surface area contributed by atoms with E-state index in [2.05, 4.69) is 0 Å². The highest BCUT2D eigenvalue weighted by atomic mass is 35.5. The summed E-state index contributed by atoms with van der Waals surface area (Å²) in [6.45, 7) is 0. The molecule has 2 rings (SSSR count). The van der Waals surface area contributed by atoms with Crippen LogP contribution in [0.25, 0.3) is 0 Å². The molecule has 0 radical (unpaired) electrons. The van der Waals surface area contributed by atoms with Crippen molar-refractivity contribution in [2.24, 2.45) is 0 Å². The number of carbonyl (C=O) groups is 1. The van der Waals surface area contributed by atoms with Gasteiger partial charge in [0, 0.05) is 10.6 Å². The molecule has 1 unspecified atom stereocenters. The number of halogens is 1. The summed E-state index contributed by atoms with van der Waals surface area (Å²) in [5.74, 6) is -0.221. The summed E-state index contributed by atoms with van der Waals surface area (Å²) >= 11 is 5.73. The number of phenolic OH excluding ortho intramolecular Hbond substituents is 1. The van der Waals surface area contributed by atoms with Crippen molar-refractivity contribution < 1.29 is 15.0 Å². The van der Waals surface area contributed by atoms with Crippen molar-refractivity contribution in [3.63, 3.8) is 0 Å². The van der Waals surface area contributed by atoms with Gasteiger partial charge in [-0.2, -0.15) is 0 Å². The van der Waals surface area contributed by atoms with Gasteiger partial charge in [0.1, 0.15) is 5.75 Å². The number of hydrogen-bond acceptors (Lipinski definition) is 3. The van der Waals surface area contributed by atoms with Gasteiger partial charge in [0.15, 0.2) is 11.9 Å². The Bertz CT molecular complexity index is 569. The van der Waals surface area contributed by atoms with Crippen LogP contribution >= 0.6 is 11.6 Å². The van der Waals surface area contributed by atoms with Crippen LogP contribution in [-0.2, 0) is 10.4 Å². The molecular weight excluding hydrogens is 252 g/mol. The molecule has 0 aromatic heterocycles. The lowest BCUT2D eigenvalue weighted by molar-refractivity contribution is -0.121. The van der Waals surface area contributed by atoms with Crippen LogP contribution in [0.1, 0.15) is 11.1 Å². The zero-order valence-corrected chi connectivity index (χ0v) is 10.1. The zero-order chi connectivity index (χ0) is 13.2. The van der Waals surface area contributed by atoms with Gasteiger partial charge in [-0.15, -0.1) is 0 Å². The lowest BCUT2D eigenvalue weighted by Gasteiger charge is -2.23. The molecule has 0 saturated carbocycles. The van der Waals surface area contributed by atoms with Crippen LogP contribution in [0.15, 0.2) is 48.5 Å². The second-order valence-electron chi connectivity index (χ2n) is 3.91. The number of aromatic hydroxyl groups is 1. The Morgan fingerprint density at radius 1 is 1.11 bits per heavy atom. The molecule has 2 aromatic carbocycles. The summed E-state index contributed by atoms with van der Waals surface area (Å²) in [6.07, 6.45) is 0.394. The minimum atomic E-state index is -1.88. The van der Waals surface area contributed by atoms with Gasteiger partial charge < -0.3 is 10.2 Å². The van der Waals surface area contributed by atoms with Crippen LogP contribution in [0.2, 0.25) is 5.02 Å². The summed E-state index contributed by atoms with van der Waals surface area (Å²) in [5.41, 5.74) is -1.39. The molecule has 0 heterocycles. The Labute approximate surface area is 109 Å². The van der Waals surface area contributed by atoms with E-state index < -0.39 is 5.60 Å². The predicted molar refractivity (Wildman–Crippen MR) is 68.6 cm³/mol. The molecule has 0 aliphatic carbocycles. The molecule has 0 amide bonds. The Morgan fingerprint density at radius 3 is 2.33 bits per heavy atom. The molecule has 2 N–H and O–H groups in total. The molecule has 0 aliphatic heterocycles. The molecule has 0 saturated heterocycles. The molecule has 0 bridgehead atoms. The smallest absolute Gasteiger partial charge is 0.174 e. The number of aliphatic hydroxyl groups is 1. The van der Waals surface area contributed by atoms with E-state index in [4.69, 9.17) is 11.6 Å². The van der Waals surface area contributed by atoms with E-state index in [1.807, 2.05) is 0 Å². The first-order chi connectivity index (χ1) is 8.58. The van der Waals surface area contributed by atoms with Gasteiger partial charge in [0.2, 0.25) is 0 Å². The third kappa shape index (κ3) is 2.10. The van der Waals surface area contributed by atoms with E-state index in [0.717, 1.165) is 0 Å². The zero-order valence-electron chi connectivity index (χ0n) is 9.38. The number of carbonyl (C=O) groups excluding carboxylic acids is 1. The third-order valence-electron chi connectivity index (χ3n) is 2.75. The predicted octanol–water partition coefficient (Wildman–Crippen LogP) is 2.48. The summed E-state index contributed by atoms with van der Waals surface area (Å²) in [6, 6.07) is 12.6. The van der Waals surface area contributed by atoms with Crippen molar-refractivity contribution in [1.82, 2.24) is 0 Å². The molecule has 0 fully saturated rings. The molecule has 2 aromatic rings. The number of aldehydes is 1. The standard InChI is InChI=1S/C14H11ClO3/c15-11-6-7-12(13(17)8-11)14(18,9-16)10-4-2-1-3-5-10/h1-9,17-18H. The fourth-order valence-electron chi connectivity index (χ4n) is 1.81. The number of rotatable bonds is 3. The molecule has 3 nitrogen and oxygen atoms in total. The fraction of sp³-hybridized carbons (Fsp3) is 0.0714. The van der Waals surface area contributed by atoms with Crippen LogP contribution < -0.4 is 0 Å². The summed E-state index contributed by atoms with van der Waals surface area (Å²) in [5, 5.41) is 20.6. The van der Waals surface area contributed by atoms with Gasteiger partial charge >= 0.3 is 0 Å². The molecular formula is C14H11ClO3. The molecule has 1 atom stereocenters. The van der Waals surface area contributed by atoms with E-state index >= 15 is 0 Å². The molecule has 4 heteroatoms. The van der Waals surface area contributed by atoms with E-state index in [1.165, 1.54) is 18.2 Å². The second kappa shape index (κ2) is 4.80. The van der Waals surface area contributed by atoms with E-state index in [-0.39, 0.29) is 11.3 Å². The largest absolute Gasteiger partial charge is 0.507 e. The minimum absolute atomic E-state index is 0.105. The van der Waals surface area contributed by atoms with Crippen LogP contribution in [0.4, 0.5) is 0 Å². The van der Waals surface area contributed by atoms with Gasteiger partial charge in [-0.25, -0.2) is 0 Å². The van der Waals surface area contributed by atoms with Crippen molar-refractivity contribution >= 4 is 17.9 Å². The van der Waals surface area contributed by atoms with E-state index in [9.17, 15) is 15.0 Å². The number of hydrogen-bond donors (Lipinski definition) is 2. The van der Waals surface area contributed by atoms with Gasteiger partial charge in [0.05, 0.1) is 0 Å². The normalized spacial score (nSPS) is 13.9. The average molecular weight is 263 g/mol. The highest BCUT2D eigenvalue weighted by molar-refractivity contribution is 6.30. The summed E-state index contributed by atoms with van der Waals surface area (Å²) < 4.78 is 0. The quantitative estimate of drug-likeness (QED) is 0.836. The van der Waals surface area contributed by atoms with Crippen molar-refractivity contribution in [3.05, 3.63) is 64.7 Å². The SMILES string of the molecule is O=CC(O)(c1ccccc1)c1ccc(Cl)cc1O. The van der Waals surface area contributed by atoms with Gasteiger partial charge in [-0.05, 0) is 17.7 Å². The van der Waals surface area contributed by atoms with Crippen LogP contribution in [0.3, 0.4) is 0 Å². The lowest BCUT2D eigenvalue weighted by atomic mass is 9.87. The average Bonchev–Trinajstić information content (AvgIpc) is 2.39. The maximum absolute atomic E-state index is 11.3. The molecule has 0 aliphatic rings. The van der Waals surface area contributed by atoms with Gasteiger partial charge in [0.25, 0.3) is 0 Å². The van der Waals surface area contributed by atoms with Crippen LogP contribution in [-0.4, -0.2) is 16.5 Å². The monoisotopic (exact) mass is 262 g/mol. The lowest BCUT2D eigenvalue weighted by Crippen LogP contribution is -2.29. The third-order valence-corrected chi connectivity index (χ3v) is 2.99. The maximum atomic E-state index is 11.3. The Balaban J connectivity index is 2.60. The van der Waals surface area contributed by atoms with Crippen LogP contribution in [0, 0.1) is 0 Å². The minimum Gasteiger partial charge on any atom is -0.507 e. The van der Waals surface area contributed by atoms with Crippen LogP contribution in [0.5, 0.6) is 5.75 Å². The van der Waals surface area contributed by atoms with Crippen molar-refractivity contribution in [1.29, 1.82) is 0 Å². The molecule has 0 spiro atoms. The topological polar surface area (TPSA) is 57.5 Å². The highest BCUT2D eigenvalue weighted by Gasteiger charge is 2.33. The van der Waals surface area contributed by atoms with E-state index in [1.54, 1.807) is 30.3 Å². The first-order valence-electron chi connectivity index (χ1n) is 5.31. The number of phenols is 1. The first kappa shape index (κ1) is 12.6. The second-order valence-corrected chi connectivity index (χ2v) is 4.35. The first-order valence-corrected chi connectivity index (χ1v) is 5.69. The summed E-state index contributed by atoms with van der Waals surface area (Å²) in [4.78, 5) is 11.3. The van der Waals surface area contributed by atoms with Crippen molar-refractivity contribution in [3.8, 4) is 5.75 Å². The Kier molecular flexibility index (Phi) is 3.36. The van der Waals surface area contributed by atoms with Gasteiger partial charge in [-0.3, -0.25) is 4.79 Å². The molecule has 92 valence electrons. The van der Waals surface area contributed by atoms with Gasteiger partial charge in [-0.1, -0.05) is 48.0 Å². The fourth-order valence-corrected chi connectivity index (χ4v) is 1.97. The summed E-state index contributed by atoms with van der Waals surface area (Å²) in [7, 11) is 0. The molecule has 18 heavy (non-hydrogen) atoms. The number of benzene rings is 2.